The van der Waals surface area contributed by atoms with Gasteiger partial charge >= 0.3 is 6.09 Å². The lowest BCUT2D eigenvalue weighted by atomic mass is 9.99. The number of hydrogen-bond acceptors (Lipinski definition) is 5. The van der Waals surface area contributed by atoms with Crippen LogP contribution in [-0.4, -0.2) is 11.7 Å². The maximum atomic E-state index is 12.9. The van der Waals surface area contributed by atoms with Crippen LogP contribution in [0.5, 0.6) is 0 Å². The summed E-state index contributed by atoms with van der Waals surface area (Å²) in [5.41, 5.74) is 3.03. The fraction of sp³-hybridized carbons (Fsp3) is 0.200. The molecule has 0 spiro atoms. The van der Waals surface area contributed by atoms with Gasteiger partial charge in [-0.25, -0.2) is 4.79 Å². The number of nitrogens with zero attached hydrogens (tertiary/aromatic N) is 3. The molecule has 0 fully saturated rings. The maximum Gasteiger partial charge on any atom is 0.415 e. The van der Waals surface area contributed by atoms with E-state index in [1.165, 1.54) is 4.90 Å². The molecule has 3 rings (SSSR count). The molecule has 6 heteroatoms. The molecule has 3 aromatic rings. The van der Waals surface area contributed by atoms with E-state index in [1.54, 1.807) is 51.1 Å². The number of anilines is 1. The Morgan fingerprint density at radius 2 is 1.65 bits per heavy atom. The monoisotopic (exact) mass is 413 g/mol. The van der Waals surface area contributed by atoms with Crippen LogP contribution in [0, 0.1) is 16.2 Å². The predicted molar refractivity (Wildman–Crippen MR) is 121 cm³/mol. The first-order chi connectivity index (χ1) is 14.8. The fourth-order valence-corrected chi connectivity index (χ4v) is 3.14. The SMILES string of the molecule is CC(C)(C)OC(=O)N(Cc1ccc(-c2ccccc2C#N)cc1)c1ccccc1N=O. The number of para-hydroxylation sites is 1. The van der Waals surface area contributed by atoms with Gasteiger partial charge in [-0.15, -0.1) is 4.91 Å². The lowest BCUT2D eigenvalue weighted by Gasteiger charge is -2.28. The zero-order valence-electron chi connectivity index (χ0n) is 17.7. The molecule has 0 aromatic heterocycles. The van der Waals surface area contributed by atoms with E-state index < -0.39 is 11.7 Å². The van der Waals surface area contributed by atoms with Gasteiger partial charge in [0.15, 0.2) is 0 Å². The zero-order chi connectivity index (χ0) is 22.4. The van der Waals surface area contributed by atoms with E-state index >= 15 is 0 Å². The Hall–Kier alpha value is -3.98. The summed E-state index contributed by atoms with van der Waals surface area (Å²) in [6.45, 7) is 5.55. The van der Waals surface area contributed by atoms with Gasteiger partial charge in [-0.1, -0.05) is 54.6 Å². The van der Waals surface area contributed by atoms with Crippen LogP contribution in [0.4, 0.5) is 16.2 Å². The number of amides is 1. The Morgan fingerprint density at radius 1 is 1.00 bits per heavy atom. The minimum absolute atomic E-state index is 0.160. The fourth-order valence-electron chi connectivity index (χ4n) is 3.14. The van der Waals surface area contributed by atoms with Gasteiger partial charge in [0.25, 0.3) is 0 Å². The molecule has 0 aliphatic rings. The Labute approximate surface area is 181 Å². The van der Waals surface area contributed by atoms with E-state index in [0.717, 1.165) is 16.7 Å². The first-order valence-corrected chi connectivity index (χ1v) is 9.84. The summed E-state index contributed by atoms with van der Waals surface area (Å²) in [6, 6.07) is 23.8. The Balaban J connectivity index is 1.93. The number of carbonyl (C=O) groups excluding carboxylic acids is 1. The second-order valence-corrected chi connectivity index (χ2v) is 8.00. The highest BCUT2D eigenvalue weighted by Crippen LogP contribution is 2.31. The molecular weight excluding hydrogens is 390 g/mol. The van der Waals surface area contributed by atoms with Crippen LogP contribution in [0.3, 0.4) is 0 Å². The topological polar surface area (TPSA) is 82.8 Å². The lowest BCUT2D eigenvalue weighted by molar-refractivity contribution is 0.0577. The van der Waals surface area contributed by atoms with Crippen LogP contribution < -0.4 is 4.90 Å². The average molecular weight is 413 g/mol. The number of carbonyl (C=O) groups is 1. The van der Waals surface area contributed by atoms with E-state index in [2.05, 4.69) is 11.2 Å². The number of benzene rings is 3. The number of ether oxygens (including phenoxy) is 1. The molecule has 0 saturated heterocycles. The quantitative estimate of drug-likeness (QED) is 0.443. The normalized spacial score (nSPS) is 10.8. The molecule has 0 atom stereocenters. The van der Waals surface area contributed by atoms with Crippen LogP contribution in [0.15, 0.2) is 78.0 Å². The molecule has 0 aliphatic heterocycles. The predicted octanol–water partition coefficient (Wildman–Crippen LogP) is 6.56. The summed E-state index contributed by atoms with van der Waals surface area (Å²) < 4.78 is 5.56. The number of nitroso groups, excluding NO2 is 1. The van der Waals surface area contributed by atoms with Crippen molar-refractivity contribution in [1.29, 1.82) is 5.26 Å². The molecule has 0 unspecified atom stereocenters. The Kier molecular flexibility index (Phi) is 6.46. The molecule has 1 amide bonds. The molecule has 0 aliphatic carbocycles. The summed E-state index contributed by atoms with van der Waals surface area (Å²) in [6.07, 6.45) is -0.567. The third kappa shape index (κ3) is 5.34. The van der Waals surface area contributed by atoms with E-state index in [-0.39, 0.29) is 12.2 Å². The van der Waals surface area contributed by atoms with Crippen LogP contribution in [0.2, 0.25) is 0 Å². The number of hydrogen-bond donors (Lipinski definition) is 0. The Morgan fingerprint density at radius 3 is 2.29 bits per heavy atom. The third-order valence-corrected chi connectivity index (χ3v) is 4.54. The van der Waals surface area contributed by atoms with Gasteiger partial charge in [0.2, 0.25) is 0 Å². The van der Waals surface area contributed by atoms with Crippen molar-refractivity contribution < 1.29 is 9.53 Å². The van der Waals surface area contributed by atoms with Gasteiger partial charge in [0.1, 0.15) is 11.3 Å². The molecular formula is C25H23N3O3. The van der Waals surface area contributed by atoms with Crippen molar-refractivity contribution in [2.45, 2.75) is 32.9 Å². The number of nitriles is 1. The first-order valence-electron chi connectivity index (χ1n) is 9.84. The summed E-state index contributed by atoms with van der Waals surface area (Å²) in [5, 5.41) is 12.4. The van der Waals surface area contributed by atoms with Gasteiger partial charge in [0.05, 0.1) is 23.9 Å². The van der Waals surface area contributed by atoms with Crippen molar-refractivity contribution in [3.05, 3.63) is 88.8 Å². The molecule has 156 valence electrons. The molecule has 0 radical (unpaired) electrons. The second kappa shape index (κ2) is 9.23. The van der Waals surface area contributed by atoms with Crippen molar-refractivity contribution in [3.63, 3.8) is 0 Å². The van der Waals surface area contributed by atoms with Crippen molar-refractivity contribution in [1.82, 2.24) is 0 Å². The van der Waals surface area contributed by atoms with E-state index in [9.17, 15) is 15.0 Å². The first kappa shape index (κ1) is 21.7. The summed E-state index contributed by atoms with van der Waals surface area (Å²) in [4.78, 5) is 25.6. The van der Waals surface area contributed by atoms with Crippen molar-refractivity contribution in [2.75, 3.05) is 4.90 Å². The van der Waals surface area contributed by atoms with Crippen LogP contribution >= 0.6 is 0 Å². The van der Waals surface area contributed by atoms with E-state index in [4.69, 9.17) is 4.74 Å². The van der Waals surface area contributed by atoms with Gasteiger partial charge in [-0.3, -0.25) is 4.90 Å². The summed E-state index contributed by atoms with van der Waals surface area (Å²) in [7, 11) is 0. The minimum Gasteiger partial charge on any atom is -0.443 e. The van der Waals surface area contributed by atoms with Crippen molar-refractivity contribution in [2.24, 2.45) is 5.18 Å². The molecule has 3 aromatic carbocycles. The second-order valence-electron chi connectivity index (χ2n) is 8.00. The highest BCUT2D eigenvalue weighted by atomic mass is 16.6. The van der Waals surface area contributed by atoms with Crippen molar-refractivity contribution >= 4 is 17.5 Å². The maximum absolute atomic E-state index is 12.9. The summed E-state index contributed by atoms with van der Waals surface area (Å²) >= 11 is 0. The minimum atomic E-state index is -0.691. The molecule has 0 bridgehead atoms. The van der Waals surface area contributed by atoms with Crippen LogP contribution in [-0.2, 0) is 11.3 Å². The largest absolute Gasteiger partial charge is 0.443 e. The zero-order valence-corrected chi connectivity index (χ0v) is 17.7. The van der Waals surface area contributed by atoms with Gasteiger partial charge in [-0.2, -0.15) is 5.26 Å². The van der Waals surface area contributed by atoms with Crippen LogP contribution in [0.25, 0.3) is 11.1 Å². The molecule has 31 heavy (non-hydrogen) atoms. The standard InChI is InChI=1S/C25H23N3O3/c1-25(2,3)31-24(29)28(23-11-7-6-10-22(23)27-30)17-18-12-14-19(15-13-18)21-9-5-4-8-20(21)16-26/h4-15H,17H2,1-3H3. The van der Waals surface area contributed by atoms with E-state index in [0.29, 0.717) is 11.3 Å². The number of rotatable bonds is 5. The van der Waals surface area contributed by atoms with E-state index in [1.807, 2.05) is 42.5 Å². The van der Waals surface area contributed by atoms with Gasteiger partial charge in [0, 0.05) is 0 Å². The van der Waals surface area contributed by atoms with Gasteiger partial charge < -0.3 is 4.74 Å². The lowest BCUT2D eigenvalue weighted by Crippen LogP contribution is -2.36. The highest BCUT2D eigenvalue weighted by molar-refractivity contribution is 5.91. The van der Waals surface area contributed by atoms with Gasteiger partial charge in [-0.05, 0) is 60.8 Å². The molecule has 6 nitrogen and oxygen atoms in total. The van der Waals surface area contributed by atoms with Crippen molar-refractivity contribution in [3.8, 4) is 17.2 Å². The molecule has 0 N–H and O–H groups in total. The highest BCUT2D eigenvalue weighted by Gasteiger charge is 2.25. The molecule has 0 heterocycles. The van der Waals surface area contributed by atoms with Crippen LogP contribution in [0.1, 0.15) is 31.9 Å². The summed E-state index contributed by atoms with van der Waals surface area (Å²) in [5.74, 6) is 0. The molecule has 0 saturated carbocycles. The average Bonchev–Trinajstić information content (AvgIpc) is 2.76. The third-order valence-electron chi connectivity index (χ3n) is 4.54. The smallest absolute Gasteiger partial charge is 0.415 e. The Bertz CT molecular complexity index is 1130.